The van der Waals surface area contributed by atoms with E-state index in [-0.39, 0.29) is 0 Å². The van der Waals surface area contributed by atoms with E-state index in [4.69, 9.17) is 14.2 Å². The standard InChI is InChI=1S/C16H24O3Si/c20-16(17-13-7-1-2-8-13,18-14-9-3-4-10-14)19-15-11-5-6-12-15/h7,9,11H,1-6,8,10,12H2,20H3. The van der Waals surface area contributed by atoms with Crippen LogP contribution >= 0.6 is 0 Å². The summed E-state index contributed by atoms with van der Waals surface area (Å²) in [5.74, 6) is 3.12. The predicted octanol–water partition coefficient (Wildman–Crippen LogP) is 3.22. The fourth-order valence-electron chi connectivity index (χ4n) is 2.98. The Morgan fingerprint density at radius 3 is 1.30 bits per heavy atom. The summed E-state index contributed by atoms with van der Waals surface area (Å²) >= 11 is 0. The lowest BCUT2D eigenvalue weighted by Gasteiger charge is -2.33. The Hall–Kier alpha value is -1.16. The summed E-state index contributed by atoms with van der Waals surface area (Å²) in [6.45, 7) is 0. The molecule has 0 radical (unpaired) electrons. The van der Waals surface area contributed by atoms with Crippen LogP contribution in [0.5, 0.6) is 0 Å². The molecule has 0 saturated heterocycles. The van der Waals surface area contributed by atoms with Gasteiger partial charge in [0.05, 0.1) is 0 Å². The zero-order valence-corrected chi connectivity index (χ0v) is 14.3. The first kappa shape index (κ1) is 13.8. The lowest BCUT2D eigenvalue weighted by molar-refractivity contribution is -0.277. The normalized spacial score (nSPS) is 22.5. The zero-order valence-electron chi connectivity index (χ0n) is 12.3. The highest BCUT2D eigenvalue weighted by molar-refractivity contribution is 6.12. The molecule has 0 aromatic heterocycles. The Bertz CT molecular complexity index is 386. The van der Waals surface area contributed by atoms with E-state index in [1.165, 1.54) is 19.3 Å². The average Bonchev–Trinajstić information content (AvgIpc) is 3.11. The van der Waals surface area contributed by atoms with E-state index in [1.807, 2.05) is 0 Å². The van der Waals surface area contributed by atoms with E-state index in [1.54, 1.807) is 0 Å². The van der Waals surface area contributed by atoms with Crippen molar-refractivity contribution < 1.29 is 14.2 Å². The van der Waals surface area contributed by atoms with Crippen molar-refractivity contribution in [2.24, 2.45) is 0 Å². The minimum atomic E-state index is -0.872. The summed E-state index contributed by atoms with van der Waals surface area (Å²) in [6, 6.07) is 0. The van der Waals surface area contributed by atoms with Crippen LogP contribution in [-0.2, 0) is 14.2 Å². The molecule has 0 bridgehead atoms. The Morgan fingerprint density at radius 1 is 0.700 bits per heavy atom. The molecule has 0 saturated carbocycles. The van der Waals surface area contributed by atoms with Gasteiger partial charge >= 0.3 is 5.60 Å². The number of allylic oxidation sites excluding steroid dienone is 6. The molecule has 3 nitrogen and oxygen atoms in total. The summed E-state index contributed by atoms with van der Waals surface area (Å²) < 4.78 is 18.4. The molecular weight excluding hydrogens is 268 g/mol. The maximum atomic E-state index is 6.12. The maximum absolute atomic E-state index is 6.12. The van der Waals surface area contributed by atoms with E-state index in [0.29, 0.717) is 10.2 Å². The minimum Gasteiger partial charge on any atom is -0.431 e. The molecule has 3 aliphatic rings. The molecule has 3 rings (SSSR count). The maximum Gasteiger partial charge on any atom is 0.367 e. The molecule has 0 aliphatic heterocycles. The quantitative estimate of drug-likeness (QED) is 0.556. The number of rotatable bonds is 6. The summed E-state index contributed by atoms with van der Waals surface area (Å²) in [6.07, 6.45) is 16.4. The van der Waals surface area contributed by atoms with Gasteiger partial charge in [0, 0.05) is 19.3 Å². The largest absolute Gasteiger partial charge is 0.431 e. The van der Waals surface area contributed by atoms with Crippen LogP contribution < -0.4 is 0 Å². The molecule has 0 fully saturated rings. The fraction of sp³-hybridized carbons (Fsp3) is 0.625. The predicted molar refractivity (Wildman–Crippen MR) is 81.7 cm³/mol. The highest BCUT2D eigenvalue weighted by Gasteiger charge is 2.34. The van der Waals surface area contributed by atoms with E-state index < -0.39 is 5.60 Å². The van der Waals surface area contributed by atoms with E-state index in [9.17, 15) is 0 Å². The second-order valence-electron chi connectivity index (χ2n) is 5.86. The molecular formula is C16H24O3Si. The van der Waals surface area contributed by atoms with Crippen molar-refractivity contribution in [2.45, 2.75) is 63.4 Å². The second-order valence-corrected chi connectivity index (χ2v) is 7.08. The lowest BCUT2D eigenvalue weighted by Crippen LogP contribution is -2.38. The van der Waals surface area contributed by atoms with Crippen LogP contribution in [0.3, 0.4) is 0 Å². The molecule has 4 heteroatoms. The Balaban J connectivity index is 1.69. The molecule has 0 N–H and O–H groups in total. The Morgan fingerprint density at radius 2 is 1.05 bits per heavy atom. The Labute approximate surface area is 124 Å². The van der Waals surface area contributed by atoms with Crippen molar-refractivity contribution in [1.29, 1.82) is 0 Å². The third-order valence-corrected chi connectivity index (χ3v) is 4.56. The first-order valence-electron chi connectivity index (χ1n) is 7.88. The average molecular weight is 292 g/mol. The van der Waals surface area contributed by atoms with Gasteiger partial charge in [0.2, 0.25) is 0 Å². The SMILES string of the molecule is [SiH3]C(OC1=CCCC1)(OC1=CCCC1)OC1=CCCC1. The van der Waals surface area contributed by atoms with Gasteiger partial charge in [-0.1, -0.05) is 0 Å². The minimum absolute atomic E-state index is 0.684. The van der Waals surface area contributed by atoms with Crippen LogP contribution in [0, 0.1) is 0 Å². The van der Waals surface area contributed by atoms with Gasteiger partial charge in [-0.2, -0.15) is 0 Å². The number of hydrogen-bond acceptors (Lipinski definition) is 3. The molecule has 110 valence electrons. The molecule has 20 heavy (non-hydrogen) atoms. The van der Waals surface area contributed by atoms with E-state index >= 15 is 0 Å². The van der Waals surface area contributed by atoms with Gasteiger partial charge in [0.1, 0.15) is 17.3 Å². The van der Waals surface area contributed by atoms with Crippen molar-refractivity contribution in [1.82, 2.24) is 0 Å². The zero-order chi connectivity index (χ0) is 13.8. The summed E-state index contributed by atoms with van der Waals surface area (Å²) in [4.78, 5) is 0. The van der Waals surface area contributed by atoms with Crippen LogP contribution in [-0.4, -0.2) is 15.8 Å². The van der Waals surface area contributed by atoms with Gasteiger partial charge in [0.15, 0.2) is 10.2 Å². The molecule has 0 aromatic carbocycles. The Kier molecular flexibility index (Phi) is 4.20. The monoisotopic (exact) mass is 292 g/mol. The molecule has 0 amide bonds. The first-order valence-corrected chi connectivity index (χ1v) is 8.88. The number of hydrogen-bond donors (Lipinski definition) is 0. The van der Waals surface area contributed by atoms with E-state index in [0.717, 1.165) is 55.8 Å². The third-order valence-electron chi connectivity index (χ3n) is 3.95. The van der Waals surface area contributed by atoms with Crippen molar-refractivity contribution in [2.75, 3.05) is 0 Å². The third kappa shape index (κ3) is 3.48. The molecule has 0 heterocycles. The van der Waals surface area contributed by atoms with Crippen molar-refractivity contribution in [3.8, 4) is 0 Å². The van der Waals surface area contributed by atoms with Crippen LogP contribution in [0.25, 0.3) is 0 Å². The van der Waals surface area contributed by atoms with Gasteiger partial charge in [-0.25, -0.2) is 0 Å². The van der Waals surface area contributed by atoms with Crippen LogP contribution in [0.4, 0.5) is 0 Å². The molecule has 3 aliphatic carbocycles. The van der Waals surface area contributed by atoms with Gasteiger partial charge in [-0.05, 0) is 56.8 Å². The lowest BCUT2D eigenvalue weighted by atomic mass is 10.3. The molecule has 0 spiro atoms. The van der Waals surface area contributed by atoms with Gasteiger partial charge < -0.3 is 14.2 Å². The first-order chi connectivity index (χ1) is 9.73. The van der Waals surface area contributed by atoms with Gasteiger partial charge in [-0.3, -0.25) is 0 Å². The van der Waals surface area contributed by atoms with Gasteiger partial charge in [-0.15, -0.1) is 0 Å². The number of ether oxygens (including phenoxy) is 3. The van der Waals surface area contributed by atoms with Crippen molar-refractivity contribution >= 4 is 10.2 Å². The molecule has 0 unspecified atom stereocenters. The highest BCUT2D eigenvalue weighted by Crippen LogP contribution is 2.33. The smallest absolute Gasteiger partial charge is 0.367 e. The van der Waals surface area contributed by atoms with Crippen LogP contribution in [0.1, 0.15) is 57.8 Å². The highest BCUT2D eigenvalue weighted by atomic mass is 28.1. The van der Waals surface area contributed by atoms with Crippen LogP contribution in [0.2, 0.25) is 0 Å². The molecule has 0 atom stereocenters. The summed E-state index contributed by atoms with van der Waals surface area (Å²) in [7, 11) is 0.684. The van der Waals surface area contributed by atoms with Crippen LogP contribution in [0.15, 0.2) is 35.5 Å². The topological polar surface area (TPSA) is 27.7 Å². The summed E-state index contributed by atoms with van der Waals surface area (Å²) in [5, 5.41) is 0. The van der Waals surface area contributed by atoms with Gasteiger partial charge in [0.25, 0.3) is 0 Å². The van der Waals surface area contributed by atoms with Crippen molar-refractivity contribution in [3.63, 3.8) is 0 Å². The van der Waals surface area contributed by atoms with E-state index in [2.05, 4.69) is 18.2 Å². The summed E-state index contributed by atoms with van der Waals surface area (Å²) in [5.41, 5.74) is -0.872. The fourth-order valence-corrected chi connectivity index (χ4v) is 3.77. The van der Waals surface area contributed by atoms with Crippen molar-refractivity contribution in [3.05, 3.63) is 35.5 Å². The second kappa shape index (κ2) is 6.08. The molecule has 0 aromatic rings.